The van der Waals surface area contributed by atoms with Crippen LogP contribution in [-0.2, 0) is 10.8 Å². The molecule has 0 bridgehead atoms. The Morgan fingerprint density at radius 3 is 1.33 bits per heavy atom. The summed E-state index contributed by atoms with van der Waals surface area (Å²) in [6, 6.07) is 112. The molecule has 2 spiro atoms. The summed E-state index contributed by atoms with van der Waals surface area (Å²) in [4.78, 5) is 13.0. The van der Waals surface area contributed by atoms with Crippen LogP contribution in [0.5, 0.6) is 0 Å². The van der Waals surface area contributed by atoms with Crippen LogP contribution in [0.4, 0.5) is 0 Å². The monoisotopic (exact) mass is 1280 g/mol. The van der Waals surface area contributed by atoms with Crippen molar-refractivity contribution in [2.75, 3.05) is 0 Å². The van der Waals surface area contributed by atoms with E-state index in [2.05, 4.69) is 297 Å². The normalized spacial score (nSPS) is 15.5. The maximum atomic E-state index is 6.71. The van der Waals surface area contributed by atoms with E-state index >= 15 is 0 Å². The first-order valence-corrected chi connectivity index (χ1v) is 33.1. The highest BCUT2D eigenvalue weighted by molar-refractivity contribution is 9.10. The number of H-pyrrole nitrogens is 1. The van der Waals surface area contributed by atoms with E-state index in [0.717, 1.165) is 88.1 Å². The van der Waals surface area contributed by atoms with E-state index in [1.165, 1.54) is 99.8 Å². The zero-order chi connectivity index (χ0) is 62.5. The Balaban J connectivity index is 0.000000111. The highest BCUT2D eigenvalue weighted by Crippen LogP contribution is 2.67. The van der Waals surface area contributed by atoms with Crippen LogP contribution in [0.1, 0.15) is 44.5 Å². The lowest BCUT2D eigenvalue weighted by Crippen LogP contribution is -2.25. The molecule has 14 aromatic carbocycles. The first-order chi connectivity index (χ1) is 47.1. The third-order valence-corrected chi connectivity index (χ3v) is 21.1. The first-order valence-electron chi connectivity index (χ1n) is 32.3. The Labute approximate surface area is 554 Å². The molecule has 0 saturated carbocycles. The molecule has 0 saturated heterocycles. The van der Waals surface area contributed by atoms with Crippen molar-refractivity contribution in [1.82, 2.24) is 19.5 Å². The molecule has 95 heavy (non-hydrogen) atoms. The van der Waals surface area contributed by atoms with Gasteiger partial charge in [-0.2, -0.15) is 0 Å². The summed E-state index contributed by atoms with van der Waals surface area (Å²) in [5.41, 5.74) is 30.9. The Morgan fingerprint density at radius 1 is 0.316 bits per heavy atom. The third-order valence-electron chi connectivity index (χ3n) is 20.4. The average Bonchev–Trinajstić information content (AvgIpc) is 1.51. The van der Waals surface area contributed by atoms with Gasteiger partial charge in [0.2, 0.25) is 0 Å². The number of halogens is 1. The Morgan fingerprint density at radius 2 is 0.747 bits per heavy atom. The van der Waals surface area contributed by atoms with Gasteiger partial charge >= 0.3 is 0 Å². The van der Waals surface area contributed by atoms with E-state index in [1.54, 1.807) is 0 Å². The lowest BCUT2D eigenvalue weighted by atomic mass is 9.70. The number of para-hydroxylation sites is 6. The molecule has 4 aliphatic carbocycles. The smallest absolute Gasteiger partial charge is 0.145 e. The Bertz CT molecular complexity index is 6180. The van der Waals surface area contributed by atoms with Crippen LogP contribution in [0.15, 0.2) is 329 Å². The molecular formula is C88H53BrN4O2. The van der Waals surface area contributed by atoms with Crippen LogP contribution in [-0.4, -0.2) is 19.5 Å². The predicted octanol–water partition coefficient (Wildman–Crippen LogP) is 22.9. The van der Waals surface area contributed by atoms with Gasteiger partial charge in [0, 0.05) is 59.4 Å². The molecular weight excluding hydrogens is 1220 g/mol. The van der Waals surface area contributed by atoms with Gasteiger partial charge in [0.25, 0.3) is 0 Å². The summed E-state index contributed by atoms with van der Waals surface area (Å²) in [6.07, 6.45) is 0. The molecule has 0 aliphatic heterocycles. The molecule has 1 N–H and O–H groups in total. The van der Waals surface area contributed by atoms with Crippen molar-refractivity contribution in [3.05, 3.63) is 364 Å². The fourth-order valence-electron chi connectivity index (χ4n) is 16.8. The third kappa shape index (κ3) is 7.44. The van der Waals surface area contributed by atoms with Crippen molar-refractivity contribution in [2.24, 2.45) is 0 Å². The number of imidazole rings is 2. The van der Waals surface area contributed by atoms with Crippen LogP contribution >= 0.6 is 15.9 Å². The van der Waals surface area contributed by atoms with Gasteiger partial charge in [-0.1, -0.05) is 283 Å². The Kier molecular flexibility index (Phi) is 11.6. The average molecular weight is 1280 g/mol. The summed E-state index contributed by atoms with van der Waals surface area (Å²) in [5, 5.41) is 4.66. The van der Waals surface area contributed by atoms with Crippen molar-refractivity contribution in [3.63, 3.8) is 0 Å². The van der Waals surface area contributed by atoms with Crippen LogP contribution in [0.3, 0.4) is 0 Å². The van der Waals surface area contributed by atoms with E-state index in [1.807, 2.05) is 48.5 Å². The molecule has 2 atom stereocenters. The number of rotatable bonds is 3. The largest absolute Gasteiger partial charge is 0.455 e. The summed E-state index contributed by atoms with van der Waals surface area (Å²) in [5.74, 6) is 1.87. The van der Waals surface area contributed by atoms with Crippen molar-refractivity contribution in [2.45, 2.75) is 10.8 Å². The Hall–Kier alpha value is -11.9. The lowest BCUT2D eigenvalue weighted by Gasteiger charge is -2.30. The number of hydrogen-bond donors (Lipinski definition) is 1. The molecule has 0 radical (unpaired) electrons. The summed E-state index contributed by atoms with van der Waals surface area (Å²) in [7, 11) is 0. The van der Waals surface area contributed by atoms with Gasteiger partial charge in [-0.05, 0) is 115 Å². The van der Waals surface area contributed by atoms with Crippen molar-refractivity contribution < 1.29 is 8.83 Å². The van der Waals surface area contributed by atoms with E-state index in [0.29, 0.717) is 0 Å². The number of benzene rings is 14. The van der Waals surface area contributed by atoms with Crippen molar-refractivity contribution >= 4 is 81.9 Å². The van der Waals surface area contributed by atoms with Gasteiger partial charge in [-0.3, -0.25) is 4.57 Å². The van der Waals surface area contributed by atoms with Crippen LogP contribution in [0.2, 0.25) is 0 Å². The molecule has 6 nitrogen and oxygen atoms in total. The minimum absolute atomic E-state index is 0.352. The second-order valence-corrected chi connectivity index (χ2v) is 25.9. The molecule has 4 heterocycles. The van der Waals surface area contributed by atoms with E-state index in [-0.39, 0.29) is 5.41 Å². The number of nitrogens with one attached hydrogen (secondary N) is 1. The zero-order valence-electron chi connectivity index (χ0n) is 51.1. The highest BCUT2D eigenvalue weighted by atomic mass is 79.9. The number of fused-ring (bicyclic) bond motifs is 30. The van der Waals surface area contributed by atoms with Gasteiger partial charge in [-0.15, -0.1) is 0 Å². The standard InChI is InChI=1S/C44H26N2O.C31H17BrO.C13H10N2/c1-2-13-27(14-3-1)43-45-36-21-9-10-22-37(36)46(43)38-23-12-20-34-40(38)30-16-4-7-18-32(30)44(34)33-19-8-5-17-31(33)41-35(44)26-25-29-28-15-6-11-24-39(28)47-42(29)41;32-26-14-7-13-24-28(26)20-9-1-4-11-22(20)31(24)23-12-5-2-10-21(23)29-25(31)17-16-19-18-8-3-6-15-27(18)33-30(19)29;1-2-6-10(7-3-1)13-14-11-8-4-5-9-12(11)15-13/h1-26H;1-17H;1-9H,(H,14,15). The molecule has 4 aromatic heterocycles. The van der Waals surface area contributed by atoms with E-state index < -0.39 is 5.41 Å². The molecule has 0 fully saturated rings. The van der Waals surface area contributed by atoms with Gasteiger partial charge in [0.1, 0.15) is 34.0 Å². The van der Waals surface area contributed by atoms with Crippen LogP contribution < -0.4 is 0 Å². The topological polar surface area (TPSA) is 72.8 Å². The fourth-order valence-corrected chi connectivity index (χ4v) is 17.3. The van der Waals surface area contributed by atoms with E-state index in [9.17, 15) is 0 Å². The maximum Gasteiger partial charge on any atom is 0.145 e. The maximum absolute atomic E-state index is 6.71. The summed E-state index contributed by atoms with van der Waals surface area (Å²) in [6.45, 7) is 0. The number of aromatic amines is 1. The SMILES string of the molecule is Brc1cccc2c1-c1ccccc1C21c2ccccc2-c2c1ccc1c2oc2ccccc21.c1ccc(-c2nc3ccccc3[nH]2)cc1.c1ccc(-c2nc3ccccc3n2-c2cccc3c2-c2ccccc2C32c3ccccc3-c3c2ccc2c3oc3ccccc32)cc1. The molecule has 444 valence electrons. The zero-order valence-corrected chi connectivity index (χ0v) is 52.6. The minimum Gasteiger partial charge on any atom is -0.455 e. The molecule has 7 heteroatoms. The summed E-state index contributed by atoms with van der Waals surface area (Å²) < 4.78 is 16.8. The molecule has 4 aliphatic rings. The van der Waals surface area contributed by atoms with Gasteiger partial charge in [0.15, 0.2) is 0 Å². The number of furan rings is 2. The number of aromatic nitrogens is 4. The predicted molar refractivity (Wildman–Crippen MR) is 389 cm³/mol. The van der Waals surface area contributed by atoms with Crippen LogP contribution in [0, 0.1) is 0 Å². The number of nitrogens with zero attached hydrogens (tertiary/aromatic N) is 3. The lowest BCUT2D eigenvalue weighted by molar-refractivity contribution is 0.668. The van der Waals surface area contributed by atoms with Crippen molar-refractivity contribution in [3.8, 4) is 73.0 Å². The van der Waals surface area contributed by atoms with Gasteiger partial charge < -0.3 is 13.8 Å². The second kappa shape index (κ2) is 20.6. The van der Waals surface area contributed by atoms with E-state index in [4.69, 9.17) is 13.8 Å². The minimum atomic E-state index is -0.496. The second-order valence-electron chi connectivity index (χ2n) is 25.1. The molecule has 2 unspecified atom stereocenters. The highest BCUT2D eigenvalue weighted by Gasteiger charge is 2.55. The number of hydrogen-bond acceptors (Lipinski definition) is 4. The summed E-state index contributed by atoms with van der Waals surface area (Å²) >= 11 is 3.87. The quantitative estimate of drug-likeness (QED) is 0.191. The van der Waals surface area contributed by atoms with Gasteiger partial charge in [-0.25, -0.2) is 9.97 Å². The fraction of sp³-hybridized carbons (Fsp3) is 0.0227. The van der Waals surface area contributed by atoms with Crippen LogP contribution in [0.25, 0.3) is 139 Å². The molecule has 18 aromatic rings. The van der Waals surface area contributed by atoms with Crippen molar-refractivity contribution in [1.29, 1.82) is 0 Å². The first kappa shape index (κ1) is 53.7. The molecule has 22 rings (SSSR count). The molecule has 0 amide bonds. The van der Waals surface area contributed by atoms with Gasteiger partial charge in [0.05, 0.1) is 38.6 Å².